The Labute approximate surface area is 158 Å². The van der Waals surface area contributed by atoms with Crippen LogP contribution in [0.1, 0.15) is 41.6 Å². The molecule has 1 aromatic carbocycles. The number of hydrogen-bond acceptors (Lipinski definition) is 4. The number of aliphatic carboxylic acids is 1. The standard InChI is InChI=1S/C20H23N3O4/c1-23(20(27)16-10-12-21-13-11-16)17-8-6-15(7-9-17)14-22-18(24)4-2-3-5-19(25)26/h6-13H,2-5,14H2,1H3,(H,22,24)(H,25,26). The summed E-state index contributed by atoms with van der Waals surface area (Å²) < 4.78 is 0. The minimum absolute atomic E-state index is 0.0838. The minimum atomic E-state index is -0.845. The summed E-state index contributed by atoms with van der Waals surface area (Å²) in [5.74, 6) is -1.07. The lowest BCUT2D eigenvalue weighted by Crippen LogP contribution is -2.26. The summed E-state index contributed by atoms with van der Waals surface area (Å²) in [5.41, 5.74) is 2.23. The second-order valence-corrected chi connectivity index (χ2v) is 6.14. The Bertz CT molecular complexity index is 776. The molecule has 0 aliphatic carbocycles. The zero-order valence-electron chi connectivity index (χ0n) is 15.2. The van der Waals surface area contributed by atoms with Gasteiger partial charge in [-0.3, -0.25) is 19.4 Å². The first-order valence-corrected chi connectivity index (χ1v) is 8.73. The zero-order valence-corrected chi connectivity index (χ0v) is 15.2. The quantitative estimate of drug-likeness (QED) is 0.662. The fourth-order valence-electron chi connectivity index (χ4n) is 2.49. The van der Waals surface area contributed by atoms with Crippen molar-refractivity contribution in [2.45, 2.75) is 32.2 Å². The molecule has 27 heavy (non-hydrogen) atoms. The molecule has 2 aromatic rings. The molecule has 0 saturated carbocycles. The van der Waals surface area contributed by atoms with Gasteiger partial charge in [-0.05, 0) is 42.7 Å². The highest BCUT2D eigenvalue weighted by molar-refractivity contribution is 6.05. The summed E-state index contributed by atoms with van der Waals surface area (Å²) in [7, 11) is 1.71. The van der Waals surface area contributed by atoms with E-state index in [0.717, 1.165) is 11.3 Å². The van der Waals surface area contributed by atoms with Gasteiger partial charge in [-0.2, -0.15) is 0 Å². The third-order valence-electron chi connectivity index (χ3n) is 4.09. The van der Waals surface area contributed by atoms with Crippen molar-refractivity contribution >= 4 is 23.5 Å². The van der Waals surface area contributed by atoms with Crippen molar-refractivity contribution in [3.05, 3.63) is 59.9 Å². The van der Waals surface area contributed by atoms with Crippen LogP contribution in [0.4, 0.5) is 5.69 Å². The van der Waals surface area contributed by atoms with E-state index in [1.54, 1.807) is 36.5 Å². The number of pyridine rings is 1. The highest BCUT2D eigenvalue weighted by Gasteiger charge is 2.13. The number of benzene rings is 1. The molecule has 142 valence electrons. The molecule has 0 radical (unpaired) electrons. The van der Waals surface area contributed by atoms with Gasteiger partial charge < -0.3 is 15.3 Å². The van der Waals surface area contributed by atoms with Crippen LogP contribution in [0.5, 0.6) is 0 Å². The molecule has 1 aromatic heterocycles. The van der Waals surface area contributed by atoms with Gasteiger partial charge in [0.15, 0.2) is 0 Å². The smallest absolute Gasteiger partial charge is 0.303 e. The number of hydrogen-bond donors (Lipinski definition) is 2. The van der Waals surface area contributed by atoms with Crippen LogP contribution < -0.4 is 10.2 Å². The average molecular weight is 369 g/mol. The van der Waals surface area contributed by atoms with Crippen LogP contribution in [0.2, 0.25) is 0 Å². The lowest BCUT2D eigenvalue weighted by molar-refractivity contribution is -0.137. The first-order chi connectivity index (χ1) is 13.0. The Hall–Kier alpha value is -3.22. The van der Waals surface area contributed by atoms with Crippen LogP contribution in [-0.4, -0.2) is 34.9 Å². The van der Waals surface area contributed by atoms with Gasteiger partial charge in [0.05, 0.1) is 0 Å². The second kappa shape index (κ2) is 10.1. The minimum Gasteiger partial charge on any atom is -0.481 e. The van der Waals surface area contributed by atoms with Crippen LogP contribution in [0.25, 0.3) is 0 Å². The van der Waals surface area contributed by atoms with E-state index in [9.17, 15) is 14.4 Å². The number of rotatable bonds is 9. The van der Waals surface area contributed by atoms with Crippen LogP contribution in [0, 0.1) is 0 Å². The van der Waals surface area contributed by atoms with Crippen LogP contribution in [0.15, 0.2) is 48.8 Å². The molecule has 1 heterocycles. The Balaban J connectivity index is 1.81. The van der Waals surface area contributed by atoms with Crippen LogP contribution in [0.3, 0.4) is 0 Å². The summed E-state index contributed by atoms with van der Waals surface area (Å²) in [4.78, 5) is 40.1. The molecule has 0 fully saturated rings. The molecule has 7 heteroatoms. The van der Waals surface area contributed by atoms with E-state index in [1.165, 1.54) is 0 Å². The predicted octanol–water partition coefficient (Wildman–Crippen LogP) is 2.62. The molecule has 0 atom stereocenters. The van der Waals surface area contributed by atoms with Crippen molar-refractivity contribution in [2.75, 3.05) is 11.9 Å². The number of nitrogens with zero attached hydrogens (tertiary/aromatic N) is 2. The van der Waals surface area contributed by atoms with E-state index in [4.69, 9.17) is 5.11 Å². The maximum Gasteiger partial charge on any atom is 0.303 e. The fourth-order valence-corrected chi connectivity index (χ4v) is 2.49. The van der Waals surface area contributed by atoms with E-state index in [1.807, 2.05) is 24.3 Å². The van der Waals surface area contributed by atoms with Gasteiger partial charge in [0, 0.05) is 50.1 Å². The van der Waals surface area contributed by atoms with Gasteiger partial charge in [0.25, 0.3) is 5.91 Å². The first-order valence-electron chi connectivity index (χ1n) is 8.73. The van der Waals surface area contributed by atoms with Crippen molar-refractivity contribution in [3.8, 4) is 0 Å². The topological polar surface area (TPSA) is 99.6 Å². The van der Waals surface area contributed by atoms with E-state index in [2.05, 4.69) is 10.3 Å². The van der Waals surface area contributed by atoms with Gasteiger partial charge in [0.1, 0.15) is 0 Å². The van der Waals surface area contributed by atoms with E-state index in [-0.39, 0.29) is 18.2 Å². The average Bonchev–Trinajstić information content (AvgIpc) is 2.69. The highest BCUT2D eigenvalue weighted by atomic mass is 16.4. The molecular formula is C20H23N3O4. The maximum atomic E-state index is 12.4. The van der Waals surface area contributed by atoms with E-state index >= 15 is 0 Å². The molecule has 0 unspecified atom stereocenters. The third kappa shape index (κ3) is 6.54. The van der Waals surface area contributed by atoms with Crippen molar-refractivity contribution in [3.63, 3.8) is 0 Å². The molecule has 2 amide bonds. The van der Waals surface area contributed by atoms with Crippen molar-refractivity contribution in [1.82, 2.24) is 10.3 Å². The third-order valence-corrected chi connectivity index (χ3v) is 4.09. The van der Waals surface area contributed by atoms with Gasteiger partial charge >= 0.3 is 5.97 Å². The number of unbranched alkanes of at least 4 members (excludes halogenated alkanes) is 1. The monoisotopic (exact) mass is 369 g/mol. The maximum absolute atomic E-state index is 12.4. The Morgan fingerprint density at radius 1 is 1.00 bits per heavy atom. The first kappa shape index (κ1) is 20.1. The van der Waals surface area contributed by atoms with Crippen molar-refractivity contribution < 1.29 is 19.5 Å². The number of carboxylic acids is 1. The molecule has 0 aliphatic heterocycles. The molecule has 2 N–H and O–H groups in total. The van der Waals surface area contributed by atoms with Gasteiger partial charge in [0.2, 0.25) is 5.91 Å². The summed E-state index contributed by atoms with van der Waals surface area (Å²) in [6.45, 7) is 0.389. The van der Waals surface area contributed by atoms with Crippen molar-refractivity contribution in [2.24, 2.45) is 0 Å². The van der Waals surface area contributed by atoms with E-state index < -0.39 is 5.97 Å². The van der Waals surface area contributed by atoms with Crippen LogP contribution in [-0.2, 0) is 16.1 Å². The lowest BCUT2D eigenvalue weighted by atomic mass is 10.1. The van der Waals surface area contributed by atoms with Gasteiger partial charge in [-0.25, -0.2) is 0 Å². The summed E-state index contributed by atoms with van der Waals surface area (Å²) in [6.07, 6.45) is 4.60. The summed E-state index contributed by atoms with van der Waals surface area (Å²) in [6, 6.07) is 10.7. The Morgan fingerprint density at radius 3 is 2.26 bits per heavy atom. The number of carbonyl (C=O) groups is 3. The lowest BCUT2D eigenvalue weighted by Gasteiger charge is -2.17. The Kier molecular flexibility index (Phi) is 7.49. The Morgan fingerprint density at radius 2 is 1.63 bits per heavy atom. The SMILES string of the molecule is CN(C(=O)c1ccncc1)c1ccc(CNC(=O)CCCCC(=O)O)cc1. The second-order valence-electron chi connectivity index (χ2n) is 6.14. The van der Waals surface area contributed by atoms with Gasteiger partial charge in [-0.1, -0.05) is 12.1 Å². The van der Waals surface area contributed by atoms with Gasteiger partial charge in [-0.15, -0.1) is 0 Å². The molecular weight excluding hydrogens is 346 g/mol. The zero-order chi connectivity index (χ0) is 19.6. The summed E-state index contributed by atoms with van der Waals surface area (Å²) >= 11 is 0. The normalized spacial score (nSPS) is 10.3. The van der Waals surface area contributed by atoms with Crippen molar-refractivity contribution in [1.29, 1.82) is 0 Å². The summed E-state index contributed by atoms with van der Waals surface area (Å²) in [5, 5.41) is 11.4. The predicted molar refractivity (Wildman–Crippen MR) is 101 cm³/mol. The number of amides is 2. The molecule has 7 nitrogen and oxygen atoms in total. The fraction of sp³-hybridized carbons (Fsp3) is 0.300. The number of carbonyl (C=O) groups excluding carboxylic acids is 2. The molecule has 0 spiro atoms. The number of nitrogens with one attached hydrogen (secondary N) is 1. The number of aromatic nitrogens is 1. The number of anilines is 1. The molecule has 2 rings (SSSR count). The molecule has 0 aliphatic rings. The molecule has 0 bridgehead atoms. The molecule has 0 saturated heterocycles. The largest absolute Gasteiger partial charge is 0.481 e. The van der Waals surface area contributed by atoms with E-state index in [0.29, 0.717) is 31.4 Å². The van der Waals surface area contributed by atoms with Crippen LogP contribution >= 0.6 is 0 Å². The highest BCUT2D eigenvalue weighted by Crippen LogP contribution is 2.16. The number of carboxylic acid groups (broad SMARTS) is 1.